The van der Waals surface area contributed by atoms with Crippen LogP contribution in [0.5, 0.6) is 0 Å². The molecule has 2 heterocycles. The smallest absolute Gasteiger partial charge is 0.249 e. The normalized spacial score (nSPS) is 15.5. The molecule has 7 nitrogen and oxygen atoms in total. The van der Waals surface area contributed by atoms with Crippen LogP contribution in [0.4, 0.5) is 33.7 Å². The maximum absolute atomic E-state index is 14.0. The van der Waals surface area contributed by atoms with Crippen LogP contribution in [0.2, 0.25) is 0 Å². The van der Waals surface area contributed by atoms with E-state index in [1.54, 1.807) is 17.9 Å². The molecule has 0 saturated carbocycles. The fraction of sp³-hybridized carbons (Fsp3) is 0.412. The summed E-state index contributed by atoms with van der Waals surface area (Å²) in [6.07, 6.45) is 0. The van der Waals surface area contributed by atoms with Crippen molar-refractivity contribution in [3.8, 4) is 0 Å². The van der Waals surface area contributed by atoms with Crippen molar-refractivity contribution in [3.63, 3.8) is 0 Å². The highest BCUT2D eigenvalue weighted by Gasteiger charge is 2.38. The molecule has 0 spiro atoms. The Morgan fingerprint density at radius 1 is 0.933 bits per heavy atom. The third-order valence-electron chi connectivity index (χ3n) is 4.49. The minimum Gasteiger partial charge on any atom is -0.370 e. The second kappa shape index (κ2) is 8.30. The number of rotatable bonds is 5. The fourth-order valence-corrected chi connectivity index (χ4v) is 4.57. The first-order chi connectivity index (χ1) is 14.1. The quantitative estimate of drug-likeness (QED) is 0.428. The number of piperazine rings is 1. The van der Waals surface area contributed by atoms with Crippen LogP contribution in [0.25, 0.3) is 0 Å². The summed E-state index contributed by atoms with van der Waals surface area (Å²) < 4.78 is 94.0. The second-order valence-corrected chi connectivity index (χ2v) is 8.39. The molecule has 3 rings (SSSR count). The summed E-state index contributed by atoms with van der Waals surface area (Å²) in [5.41, 5.74) is 0.674. The Morgan fingerprint density at radius 3 is 2.00 bits per heavy atom. The Balaban J connectivity index is 1.85. The van der Waals surface area contributed by atoms with E-state index in [9.17, 15) is 30.4 Å². The predicted molar refractivity (Wildman–Crippen MR) is 98.1 cm³/mol. The number of halogens is 5. The standard InChI is InChI=1S/C17H18F5N5O2S/c1-3-23-10-8-9(2)24-17(25-10)26-4-6-27(7-5-26)30(28,29)16-14(21)12(19)11(18)13(20)15(16)22/h8H,3-7H2,1-2H3,(H,23,24,25). The first kappa shape index (κ1) is 22.2. The van der Waals surface area contributed by atoms with E-state index in [0.717, 1.165) is 0 Å². The van der Waals surface area contributed by atoms with Crippen molar-refractivity contribution in [2.24, 2.45) is 0 Å². The number of aryl methyl sites for hydroxylation is 1. The average molecular weight is 451 g/mol. The predicted octanol–water partition coefficient (Wildman–Crippen LogP) is 2.42. The molecular weight excluding hydrogens is 433 g/mol. The molecule has 0 atom stereocenters. The van der Waals surface area contributed by atoms with Gasteiger partial charge in [-0.25, -0.2) is 35.4 Å². The van der Waals surface area contributed by atoms with E-state index in [1.807, 2.05) is 6.92 Å². The van der Waals surface area contributed by atoms with Gasteiger partial charge in [0.2, 0.25) is 21.8 Å². The van der Waals surface area contributed by atoms with Crippen LogP contribution in [0, 0.1) is 36.0 Å². The van der Waals surface area contributed by atoms with Crippen molar-refractivity contribution in [2.75, 3.05) is 42.9 Å². The summed E-state index contributed by atoms with van der Waals surface area (Å²) in [5, 5.41) is 3.04. The summed E-state index contributed by atoms with van der Waals surface area (Å²) in [7, 11) is -4.96. The van der Waals surface area contributed by atoms with Crippen molar-refractivity contribution in [1.29, 1.82) is 0 Å². The van der Waals surface area contributed by atoms with Gasteiger partial charge in [0.05, 0.1) is 0 Å². The van der Waals surface area contributed by atoms with Gasteiger partial charge in [-0.1, -0.05) is 0 Å². The number of nitrogens with zero attached hydrogens (tertiary/aromatic N) is 4. The Morgan fingerprint density at radius 2 is 1.47 bits per heavy atom. The molecule has 1 saturated heterocycles. The van der Waals surface area contributed by atoms with Crippen molar-refractivity contribution < 1.29 is 30.4 Å². The molecule has 1 aliphatic rings. The Hall–Kier alpha value is -2.54. The number of nitrogens with one attached hydrogen (secondary N) is 1. The molecule has 0 aliphatic carbocycles. The van der Waals surface area contributed by atoms with E-state index >= 15 is 0 Å². The van der Waals surface area contributed by atoms with Crippen LogP contribution in [-0.4, -0.2) is 55.4 Å². The molecule has 1 aliphatic heterocycles. The maximum Gasteiger partial charge on any atom is 0.249 e. The highest BCUT2D eigenvalue weighted by atomic mass is 32.2. The third-order valence-corrected chi connectivity index (χ3v) is 6.41. The van der Waals surface area contributed by atoms with Gasteiger partial charge in [-0.15, -0.1) is 0 Å². The molecule has 1 aromatic heterocycles. The van der Waals surface area contributed by atoms with Crippen LogP contribution in [0.1, 0.15) is 12.6 Å². The van der Waals surface area contributed by atoms with Crippen LogP contribution in [-0.2, 0) is 10.0 Å². The van der Waals surface area contributed by atoms with Gasteiger partial charge in [0.1, 0.15) is 5.82 Å². The molecule has 0 bridgehead atoms. The minimum atomic E-state index is -4.96. The number of aromatic nitrogens is 2. The van der Waals surface area contributed by atoms with Crippen molar-refractivity contribution in [2.45, 2.75) is 18.7 Å². The van der Waals surface area contributed by atoms with Crippen LogP contribution < -0.4 is 10.2 Å². The molecule has 0 unspecified atom stereocenters. The summed E-state index contributed by atoms with van der Waals surface area (Å²) in [5.74, 6) is -10.9. The summed E-state index contributed by atoms with van der Waals surface area (Å²) in [6, 6.07) is 1.73. The molecule has 1 fully saturated rings. The Bertz CT molecular complexity index is 1050. The largest absolute Gasteiger partial charge is 0.370 e. The summed E-state index contributed by atoms with van der Waals surface area (Å²) in [6.45, 7) is 3.89. The number of hydrogen-bond acceptors (Lipinski definition) is 6. The van der Waals surface area contributed by atoms with E-state index in [-0.39, 0.29) is 26.2 Å². The number of anilines is 2. The Kier molecular flexibility index (Phi) is 6.13. The SMILES string of the molecule is CCNc1cc(C)nc(N2CCN(S(=O)(=O)c3c(F)c(F)c(F)c(F)c3F)CC2)n1. The molecule has 2 aromatic rings. The third kappa shape index (κ3) is 3.90. The first-order valence-corrected chi connectivity index (χ1v) is 10.4. The Labute approximate surface area is 169 Å². The lowest BCUT2D eigenvalue weighted by molar-refractivity contribution is 0.344. The van der Waals surface area contributed by atoms with E-state index in [2.05, 4.69) is 15.3 Å². The van der Waals surface area contributed by atoms with Gasteiger partial charge < -0.3 is 10.2 Å². The lowest BCUT2D eigenvalue weighted by Gasteiger charge is -2.34. The van der Waals surface area contributed by atoms with Gasteiger partial charge in [-0.2, -0.15) is 9.29 Å². The molecular formula is C17H18F5N5O2S. The fourth-order valence-electron chi connectivity index (χ4n) is 3.03. The average Bonchev–Trinajstić information content (AvgIpc) is 2.70. The highest BCUT2D eigenvalue weighted by Crippen LogP contribution is 2.29. The van der Waals surface area contributed by atoms with Gasteiger partial charge in [0, 0.05) is 44.5 Å². The zero-order chi connectivity index (χ0) is 22.2. The second-order valence-electron chi connectivity index (χ2n) is 6.52. The van der Waals surface area contributed by atoms with Gasteiger partial charge in [-0.3, -0.25) is 0 Å². The van der Waals surface area contributed by atoms with E-state index in [4.69, 9.17) is 0 Å². The van der Waals surface area contributed by atoms with Crippen molar-refractivity contribution in [1.82, 2.24) is 14.3 Å². The maximum atomic E-state index is 14.0. The number of hydrogen-bond donors (Lipinski definition) is 1. The number of sulfonamides is 1. The first-order valence-electron chi connectivity index (χ1n) is 8.94. The molecule has 13 heteroatoms. The molecule has 0 radical (unpaired) electrons. The van der Waals surface area contributed by atoms with E-state index < -0.39 is 44.0 Å². The van der Waals surface area contributed by atoms with Gasteiger partial charge in [0.15, 0.2) is 28.2 Å². The molecule has 1 aromatic carbocycles. The molecule has 164 valence electrons. The molecule has 1 N–H and O–H groups in total. The monoisotopic (exact) mass is 451 g/mol. The molecule has 30 heavy (non-hydrogen) atoms. The lowest BCUT2D eigenvalue weighted by Crippen LogP contribution is -2.49. The van der Waals surface area contributed by atoms with Crippen LogP contribution in [0.3, 0.4) is 0 Å². The summed E-state index contributed by atoms with van der Waals surface area (Å²) >= 11 is 0. The van der Waals surface area contributed by atoms with Gasteiger partial charge in [-0.05, 0) is 13.8 Å². The van der Waals surface area contributed by atoms with Crippen molar-refractivity contribution in [3.05, 3.63) is 40.8 Å². The van der Waals surface area contributed by atoms with E-state index in [1.165, 1.54) is 0 Å². The molecule has 0 amide bonds. The topological polar surface area (TPSA) is 78.4 Å². The van der Waals surface area contributed by atoms with Crippen LogP contribution >= 0.6 is 0 Å². The van der Waals surface area contributed by atoms with E-state index in [0.29, 0.717) is 28.3 Å². The summed E-state index contributed by atoms with van der Waals surface area (Å²) in [4.78, 5) is 8.43. The zero-order valence-corrected chi connectivity index (χ0v) is 16.8. The lowest BCUT2D eigenvalue weighted by atomic mass is 10.3. The zero-order valence-electron chi connectivity index (χ0n) is 16.0. The minimum absolute atomic E-state index is 0.0592. The number of benzene rings is 1. The van der Waals surface area contributed by atoms with Crippen molar-refractivity contribution >= 4 is 21.8 Å². The van der Waals surface area contributed by atoms with Gasteiger partial charge in [0.25, 0.3) is 0 Å². The highest BCUT2D eigenvalue weighted by molar-refractivity contribution is 7.89. The van der Waals surface area contributed by atoms with Crippen LogP contribution in [0.15, 0.2) is 11.0 Å². The van der Waals surface area contributed by atoms with Gasteiger partial charge >= 0.3 is 0 Å².